The van der Waals surface area contributed by atoms with Crippen molar-refractivity contribution >= 4 is 17.4 Å². The van der Waals surface area contributed by atoms with Crippen LogP contribution in [0, 0.1) is 0 Å². The van der Waals surface area contributed by atoms with Gasteiger partial charge in [0.15, 0.2) is 5.82 Å². The molecule has 0 radical (unpaired) electrons. The van der Waals surface area contributed by atoms with Crippen molar-refractivity contribution in [1.82, 2.24) is 9.97 Å². The van der Waals surface area contributed by atoms with Gasteiger partial charge < -0.3 is 15.5 Å². The Balaban J connectivity index is 2.01. The van der Waals surface area contributed by atoms with Gasteiger partial charge in [0.1, 0.15) is 11.4 Å². The first-order chi connectivity index (χ1) is 10.2. The molecule has 0 spiro atoms. The third kappa shape index (κ3) is 4.15. The monoisotopic (exact) mass is 287 g/mol. The zero-order valence-corrected chi connectivity index (χ0v) is 11.7. The van der Waals surface area contributed by atoms with Crippen molar-refractivity contribution in [2.24, 2.45) is 5.84 Å². The summed E-state index contributed by atoms with van der Waals surface area (Å²) in [7, 11) is 0. The van der Waals surface area contributed by atoms with Crippen molar-refractivity contribution in [1.29, 1.82) is 0 Å². The fourth-order valence-electron chi connectivity index (χ4n) is 1.59. The molecule has 110 valence electrons. The second-order valence-corrected chi connectivity index (χ2v) is 4.26. The number of anilines is 2. The summed E-state index contributed by atoms with van der Waals surface area (Å²) in [4.78, 5) is 19.9. The number of hydrogen-bond acceptors (Lipinski definition) is 6. The van der Waals surface area contributed by atoms with Crippen LogP contribution >= 0.6 is 0 Å². The van der Waals surface area contributed by atoms with E-state index in [4.69, 9.17) is 10.6 Å². The first-order valence-electron chi connectivity index (χ1n) is 6.56. The number of nitrogens with two attached hydrogens (primary N) is 1. The molecular formula is C14H17N5O2. The number of carbonyl (C=O) groups excluding carboxylic acids is 1. The number of hydrazine groups is 1. The van der Waals surface area contributed by atoms with Crippen molar-refractivity contribution in [3.8, 4) is 5.75 Å². The molecule has 0 atom stereocenters. The van der Waals surface area contributed by atoms with Gasteiger partial charge >= 0.3 is 0 Å². The van der Waals surface area contributed by atoms with Gasteiger partial charge in [-0.05, 0) is 30.7 Å². The predicted octanol–water partition coefficient (Wildman–Crippen LogP) is 1.80. The third-order valence-corrected chi connectivity index (χ3v) is 2.60. The molecule has 4 N–H and O–H groups in total. The average molecular weight is 287 g/mol. The molecular weight excluding hydrogens is 270 g/mol. The van der Waals surface area contributed by atoms with Crippen LogP contribution in [0.3, 0.4) is 0 Å². The molecule has 1 aromatic heterocycles. The Morgan fingerprint density at radius 2 is 2.05 bits per heavy atom. The van der Waals surface area contributed by atoms with E-state index in [9.17, 15) is 4.79 Å². The first-order valence-corrected chi connectivity index (χ1v) is 6.56. The van der Waals surface area contributed by atoms with E-state index in [1.165, 1.54) is 12.4 Å². The van der Waals surface area contributed by atoms with Crippen LogP contribution in [0.4, 0.5) is 11.5 Å². The molecule has 0 aliphatic heterocycles. The van der Waals surface area contributed by atoms with Gasteiger partial charge in [-0.25, -0.2) is 10.8 Å². The normalized spacial score (nSPS) is 10.0. The lowest BCUT2D eigenvalue weighted by Gasteiger charge is -2.07. The lowest BCUT2D eigenvalue weighted by molar-refractivity contribution is 0.102. The third-order valence-electron chi connectivity index (χ3n) is 2.60. The van der Waals surface area contributed by atoms with Gasteiger partial charge in [0, 0.05) is 5.69 Å². The van der Waals surface area contributed by atoms with Crippen molar-refractivity contribution in [3.05, 3.63) is 42.4 Å². The number of carbonyl (C=O) groups is 1. The maximum absolute atomic E-state index is 12.0. The molecule has 0 unspecified atom stereocenters. The zero-order chi connectivity index (χ0) is 15.1. The molecule has 2 rings (SSSR count). The largest absolute Gasteiger partial charge is 0.494 e. The quantitative estimate of drug-likeness (QED) is 0.553. The Morgan fingerprint density at radius 1 is 1.29 bits per heavy atom. The van der Waals surface area contributed by atoms with Crippen LogP contribution < -0.4 is 21.3 Å². The molecule has 21 heavy (non-hydrogen) atoms. The van der Waals surface area contributed by atoms with Crippen LogP contribution in [0.1, 0.15) is 23.8 Å². The van der Waals surface area contributed by atoms with Crippen molar-refractivity contribution < 1.29 is 9.53 Å². The lowest BCUT2D eigenvalue weighted by Crippen LogP contribution is -2.16. The number of ether oxygens (including phenoxy) is 1. The summed E-state index contributed by atoms with van der Waals surface area (Å²) < 4.78 is 5.47. The van der Waals surface area contributed by atoms with E-state index >= 15 is 0 Å². The molecule has 0 aliphatic rings. The van der Waals surface area contributed by atoms with Crippen LogP contribution in [0.5, 0.6) is 5.75 Å². The fourth-order valence-corrected chi connectivity index (χ4v) is 1.59. The number of nitrogen functional groups attached to an aromatic ring is 1. The smallest absolute Gasteiger partial charge is 0.275 e. The molecule has 0 aliphatic carbocycles. The number of aromatic nitrogens is 2. The van der Waals surface area contributed by atoms with E-state index in [1.807, 2.05) is 6.92 Å². The number of nitrogens with zero attached hydrogens (tertiary/aromatic N) is 2. The maximum atomic E-state index is 12.0. The van der Waals surface area contributed by atoms with Gasteiger partial charge in [-0.3, -0.25) is 9.78 Å². The predicted molar refractivity (Wildman–Crippen MR) is 80.0 cm³/mol. The second kappa shape index (κ2) is 7.20. The molecule has 7 heteroatoms. The van der Waals surface area contributed by atoms with E-state index in [1.54, 1.807) is 24.3 Å². The Labute approximate surface area is 122 Å². The topological polar surface area (TPSA) is 102 Å². The van der Waals surface area contributed by atoms with Crippen molar-refractivity contribution in [2.75, 3.05) is 17.3 Å². The van der Waals surface area contributed by atoms with Crippen LogP contribution in [0.2, 0.25) is 0 Å². The van der Waals surface area contributed by atoms with Gasteiger partial charge in [0.2, 0.25) is 0 Å². The van der Waals surface area contributed by atoms with Gasteiger partial charge in [0.05, 0.1) is 19.0 Å². The van der Waals surface area contributed by atoms with Crippen LogP contribution in [-0.4, -0.2) is 22.5 Å². The van der Waals surface area contributed by atoms with Crippen LogP contribution in [-0.2, 0) is 0 Å². The summed E-state index contributed by atoms with van der Waals surface area (Å²) in [6, 6.07) is 7.13. The number of nitrogens with one attached hydrogen (secondary N) is 2. The minimum Gasteiger partial charge on any atom is -0.494 e. The van der Waals surface area contributed by atoms with E-state index in [0.29, 0.717) is 18.1 Å². The molecule has 0 bridgehead atoms. The number of hydrogen-bond donors (Lipinski definition) is 3. The van der Waals surface area contributed by atoms with E-state index < -0.39 is 0 Å². The highest BCUT2D eigenvalue weighted by Gasteiger charge is 2.09. The summed E-state index contributed by atoms with van der Waals surface area (Å²) in [6.07, 6.45) is 3.74. The molecule has 0 saturated heterocycles. The highest BCUT2D eigenvalue weighted by molar-refractivity contribution is 6.02. The number of amides is 1. The Hall–Kier alpha value is -2.67. The second-order valence-electron chi connectivity index (χ2n) is 4.26. The van der Waals surface area contributed by atoms with Crippen molar-refractivity contribution in [3.63, 3.8) is 0 Å². The van der Waals surface area contributed by atoms with Gasteiger partial charge in [-0.1, -0.05) is 6.92 Å². The number of rotatable bonds is 6. The average Bonchev–Trinajstić information content (AvgIpc) is 2.54. The van der Waals surface area contributed by atoms with E-state index in [0.717, 1.165) is 12.2 Å². The maximum Gasteiger partial charge on any atom is 0.275 e. The molecule has 1 aromatic carbocycles. The Kier molecular flexibility index (Phi) is 5.05. The Bertz CT molecular complexity index is 601. The fraction of sp³-hybridized carbons (Fsp3) is 0.214. The SMILES string of the molecule is CCCOc1ccc(NC(=O)c2cncc(NN)n2)cc1. The molecule has 2 aromatic rings. The van der Waals surface area contributed by atoms with Crippen LogP contribution in [0.25, 0.3) is 0 Å². The highest BCUT2D eigenvalue weighted by Crippen LogP contribution is 2.16. The standard InChI is InChI=1S/C14H17N5O2/c1-2-7-21-11-5-3-10(4-6-11)17-14(20)12-8-16-9-13(18-12)19-15/h3-6,8-9H,2,7,15H2,1H3,(H,17,20)(H,18,19). The summed E-state index contributed by atoms with van der Waals surface area (Å²) >= 11 is 0. The summed E-state index contributed by atoms with van der Waals surface area (Å²) in [5, 5.41) is 2.73. The first kappa shape index (κ1) is 14.7. The summed E-state index contributed by atoms with van der Waals surface area (Å²) in [5.41, 5.74) is 3.17. The van der Waals surface area contributed by atoms with Gasteiger partial charge in [0.25, 0.3) is 5.91 Å². The molecule has 0 fully saturated rings. The van der Waals surface area contributed by atoms with Gasteiger partial charge in [-0.2, -0.15) is 0 Å². The summed E-state index contributed by atoms with van der Waals surface area (Å²) in [6.45, 7) is 2.71. The molecule has 1 heterocycles. The van der Waals surface area contributed by atoms with E-state index in [-0.39, 0.29) is 11.6 Å². The summed E-state index contributed by atoms with van der Waals surface area (Å²) in [5.74, 6) is 5.96. The Morgan fingerprint density at radius 3 is 2.71 bits per heavy atom. The minimum absolute atomic E-state index is 0.178. The van der Waals surface area contributed by atoms with E-state index in [2.05, 4.69) is 20.7 Å². The minimum atomic E-state index is -0.359. The molecule has 7 nitrogen and oxygen atoms in total. The lowest BCUT2D eigenvalue weighted by atomic mass is 10.3. The number of benzene rings is 1. The molecule has 1 amide bonds. The van der Waals surface area contributed by atoms with Gasteiger partial charge in [-0.15, -0.1) is 0 Å². The van der Waals surface area contributed by atoms with Crippen LogP contribution in [0.15, 0.2) is 36.7 Å². The zero-order valence-electron chi connectivity index (χ0n) is 11.7. The highest BCUT2D eigenvalue weighted by atomic mass is 16.5. The molecule has 0 saturated carbocycles. The van der Waals surface area contributed by atoms with Crippen molar-refractivity contribution in [2.45, 2.75) is 13.3 Å².